The van der Waals surface area contributed by atoms with Gasteiger partial charge < -0.3 is 15.4 Å². The molecule has 22 heavy (non-hydrogen) atoms. The van der Waals surface area contributed by atoms with Crippen molar-refractivity contribution in [2.24, 2.45) is 0 Å². The third-order valence-electron chi connectivity index (χ3n) is 3.45. The zero-order valence-electron chi connectivity index (χ0n) is 12.4. The number of carbonyl (C=O) groups excluding carboxylic acids is 1. The summed E-state index contributed by atoms with van der Waals surface area (Å²) in [7, 11) is 0. The van der Waals surface area contributed by atoms with Gasteiger partial charge in [0.1, 0.15) is 0 Å². The monoisotopic (exact) mass is 345 g/mol. The molecule has 1 aliphatic heterocycles. The maximum atomic E-state index is 11.8. The van der Waals surface area contributed by atoms with Gasteiger partial charge in [-0.05, 0) is 18.2 Å². The van der Waals surface area contributed by atoms with Gasteiger partial charge in [-0.1, -0.05) is 23.2 Å². The van der Waals surface area contributed by atoms with Crippen LogP contribution in [0.5, 0.6) is 0 Å². The summed E-state index contributed by atoms with van der Waals surface area (Å²) in [6.07, 6.45) is 0.395. The largest absolute Gasteiger partial charge is 0.383 e. The van der Waals surface area contributed by atoms with Crippen LogP contribution in [-0.2, 0) is 9.53 Å². The minimum atomic E-state index is 0.0268. The van der Waals surface area contributed by atoms with Crippen LogP contribution in [0.3, 0.4) is 0 Å². The molecule has 0 aromatic heterocycles. The lowest BCUT2D eigenvalue weighted by molar-refractivity contribution is -0.120. The van der Waals surface area contributed by atoms with E-state index < -0.39 is 0 Å². The van der Waals surface area contributed by atoms with Crippen molar-refractivity contribution in [2.75, 3.05) is 51.3 Å². The highest BCUT2D eigenvalue weighted by Crippen LogP contribution is 2.25. The van der Waals surface area contributed by atoms with Gasteiger partial charge in [0.2, 0.25) is 5.91 Å². The summed E-state index contributed by atoms with van der Waals surface area (Å²) >= 11 is 12.0. The Kier molecular flexibility index (Phi) is 7.25. The fraction of sp³-hybridized carbons (Fsp3) is 0.533. The molecule has 0 aliphatic carbocycles. The van der Waals surface area contributed by atoms with Crippen molar-refractivity contribution in [2.45, 2.75) is 6.42 Å². The Morgan fingerprint density at radius 1 is 1.23 bits per heavy atom. The Balaban J connectivity index is 1.60. The second-order valence-corrected chi connectivity index (χ2v) is 5.95. The van der Waals surface area contributed by atoms with E-state index in [0.717, 1.165) is 38.5 Å². The van der Waals surface area contributed by atoms with E-state index >= 15 is 0 Å². The van der Waals surface area contributed by atoms with E-state index in [9.17, 15) is 4.79 Å². The maximum Gasteiger partial charge on any atom is 0.221 e. The fourth-order valence-corrected chi connectivity index (χ4v) is 2.57. The molecule has 5 nitrogen and oxygen atoms in total. The normalized spacial score (nSPS) is 15.5. The number of morpholine rings is 1. The van der Waals surface area contributed by atoms with Gasteiger partial charge in [-0.15, -0.1) is 0 Å². The number of ether oxygens (including phenoxy) is 1. The Labute approximate surface area is 140 Å². The first-order valence-electron chi connectivity index (χ1n) is 7.41. The van der Waals surface area contributed by atoms with Crippen LogP contribution in [0.1, 0.15) is 6.42 Å². The third kappa shape index (κ3) is 6.01. The van der Waals surface area contributed by atoms with Gasteiger partial charge in [0, 0.05) is 44.2 Å². The maximum absolute atomic E-state index is 11.8. The number of halogens is 2. The molecule has 0 spiro atoms. The van der Waals surface area contributed by atoms with E-state index in [4.69, 9.17) is 27.9 Å². The molecule has 2 N–H and O–H groups in total. The van der Waals surface area contributed by atoms with Crippen molar-refractivity contribution >= 4 is 34.8 Å². The first-order chi connectivity index (χ1) is 10.6. The van der Waals surface area contributed by atoms with Crippen LogP contribution in [0.15, 0.2) is 18.2 Å². The lowest BCUT2D eigenvalue weighted by Crippen LogP contribution is -2.41. The Bertz CT molecular complexity index is 494. The Morgan fingerprint density at radius 3 is 2.77 bits per heavy atom. The quantitative estimate of drug-likeness (QED) is 0.795. The van der Waals surface area contributed by atoms with Crippen LogP contribution in [0.2, 0.25) is 10.0 Å². The molecule has 1 aromatic rings. The summed E-state index contributed by atoms with van der Waals surface area (Å²) in [4.78, 5) is 14.1. The number of amides is 1. The predicted octanol–water partition coefficient (Wildman–Crippen LogP) is 2.24. The topological polar surface area (TPSA) is 53.6 Å². The number of carbonyl (C=O) groups is 1. The SMILES string of the molecule is O=C(CCNc1cc(Cl)ccc1Cl)NCCN1CCOCC1. The van der Waals surface area contributed by atoms with Crippen LogP contribution in [0, 0.1) is 0 Å². The molecule has 0 radical (unpaired) electrons. The summed E-state index contributed by atoms with van der Waals surface area (Å²) in [5.74, 6) is 0.0268. The summed E-state index contributed by atoms with van der Waals surface area (Å²) < 4.78 is 5.28. The molecule has 1 fully saturated rings. The lowest BCUT2D eigenvalue weighted by Gasteiger charge is -2.26. The first-order valence-corrected chi connectivity index (χ1v) is 8.16. The summed E-state index contributed by atoms with van der Waals surface area (Å²) in [5.41, 5.74) is 0.746. The average Bonchev–Trinajstić information content (AvgIpc) is 2.52. The standard InChI is InChI=1S/C15H21Cl2N3O2/c16-12-1-2-13(17)14(11-12)18-4-3-15(21)19-5-6-20-7-9-22-10-8-20/h1-2,11,18H,3-10H2,(H,19,21). The number of anilines is 1. The second-order valence-electron chi connectivity index (χ2n) is 5.10. The first kappa shape index (κ1) is 17.3. The van der Waals surface area contributed by atoms with Gasteiger partial charge in [-0.25, -0.2) is 0 Å². The van der Waals surface area contributed by atoms with Crippen molar-refractivity contribution in [3.8, 4) is 0 Å². The molecule has 0 unspecified atom stereocenters. The van der Waals surface area contributed by atoms with Gasteiger partial charge in [-0.2, -0.15) is 0 Å². The van der Waals surface area contributed by atoms with Crippen molar-refractivity contribution in [1.29, 1.82) is 0 Å². The van der Waals surface area contributed by atoms with Gasteiger partial charge in [0.25, 0.3) is 0 Å². The van der Waals surface area contributed by atoms with Crippen LogP contribution < -0.4 is 10.6 Å². The van der Waals surface area contributed by atoms with Crippen molar-refractivity contribution < 1.29 is 9.53 Å². The third-order valence-corrected chi connectivity index (χ3v) is 4.01. The van der Waals surface area contributed by atoms with E-state index in [0.29, 0.717) is 29.6 Å². The van der Waals surface area contributed by atoms with Gasteiger partial charge >= 0.3 is 0 Å². The molecular weight excluding hydrogens is 325 g/mol. The van der Waals surface area contributed by atoms with E-state index in [1.807, 2.05) is 0 Å². The summed E-state index contributed by atoms with van der Waals surface area (Å²) in [6, 6.07) is 5.21. The van der Waals surface area contributed by atoms with Crippen molar-refractivity contribution in [3.05, 3.63) is 28.2 Å². The molecule has 122 valence electrons. The Morgan fingerprint density at radius 2 is 2.00 bits per heavy atom. The highest BCUT2D eigenvalue weighted by molar-refractivity contribution is 6.35. The number of rotatable bonds is 7. The van der Waals surface area contributed by atoms with Gasteiger partial charge in [0.05, 0.1) is 23.9 Å². The lowest BCUT2D eigenvalue weighted by atomic mass is 10.3. The van der Waals surface area contributed by atoms with Crippen molar-refractivity contribution in [3.63, 3.8) is 0 Å². The molecule has 0 atom stereocenters. The molecule has 1 aliphatic rings. The average molecular weight is 346 g/mol. The van der Waals surface area contributed by atoms with Crippen LogP contribution in [0.4, 0.5) is 5.69 Å². The molecule has 2 rings (SSSR count). The highest BCUT2D eigenvalue weighted by atomic mass is 35.5. The molecule has 1 heterocycles. The van der Waals surface area contributed by atoms with E-state index in [1.165, 1.54) is 0 Å². The summed E-state index contributed by atoms with van der Waals surface area (Å²) in [6.45, 7) is 5.47. The number of benzene rings is 1. The van der Waals surface area contributed by atoms with Gasteiger partial charge in [0.15, 0.2) is 0 Å². The minimum absolute atomic E-state index is 0.0268. The number of hydrogen-bond donors (Lipinski definition) is 2. The van der Waals surface area contributed by atoms with E-state index in [2.05, 4.69) is 15.5 Å². The smallest absolute Gasteiger partial charge is 0.221 e. The molecular formula is C15H21Cl2N3O2. The molecule has 1 saturated heterocycles. The summed E-state index contributed by atoms with van der Waals surface area (Å²) in [5, 5.41) is 7.25. The van der Waals surface area contributed by atoms with E-state index in [-0.39, 0.29) is 5.91 Å². The van der Waals surface area contributed by atoms with Crippen LogP contribution in [-0.4, -0.2) is 56.7 Å². The van der Waals surface area contributed by atoms with Gasteiger partial charge in [-0.3, -0.25) is 9.69 Å². The second kappa shape index (κ2) is 9.20. The highest BCUT2D eigenvalue weighted by Gasteiger charge is 2.10. The van der Waals surface area contributed by atoms with Crippen LogP contribution in [0.25, 0.3) is 0 Å². The van der Waals surface area contributed by atoms with Crippen molar-refractivity contribution in [1.82, 2.24) is 10.2 Å². The zero-order valence-corrected chi connectivity index (χ0v) is 13.9. The zero-order chi connectivity index (χ0) is 15.8. The number of nitrogens with zero attached hydrogens (tertiary/aromatic N) is 1. The number of nitrogens with one attached hydrogen (secondary N) is 2. The predicted molar refractivity (Wildman–Crippen MR) is 89.8 cm³/mol. The molecule has 0 bridgehead atoms. The van der Waals surface area contributed by atoms with E-state index in [1.54, 1.807) is 18.2 Å². The molecule has 1 amide bonds. The molecule has 1 aromatic carbocycles. The Hall–Kier alpha value is -1.01. The van der Waals surface area contributed by atoms with Crippen LogP contribution >= 0.6 is 23.2 Å². The molecule has 7 heteroatoms. The fourth-order valence-electron chi connectivity index (χ4n) is 2.21. The minimum Gasteiger partial charge on any atom is -0.383 e. The number of hydrogen-bond acceptors (Lipinski definition) is 4. The molecule has 0 saturated carbocycles.